The summed E-state index contributed by atoms with van der Waals surface area (Å²) < 4.78 is 1.12. The highest BCUT2D eigenvalue weighted by Crippen LogP contribution is 2.32. The number of aromatic amines is 1. The van der Waals surface area contributed by atoms with E-state index >= 15 is 0 Å². The lowest BCUT2D eigenvalue weighted by Crippen LogP contribution is -1.98. The first-order valence-corrected chi connectivity index (χ1v) is 6.82. The van der Waals surface area contributed by atoms with Gasteiger partial charge in [-0.1, -0.05) is 13.8 Å². The molecule has 0 atom stereocenters. The van der Waals surface area contributed by atoms with Gasteiger partial charge in [-0.15, -0.1) is 11.3 Å². The van der Waals surface area contributed by atoms with Crippen molar-refractivity contribution in [3.05, 3.63) is 20.8 Å². The van der Waals surface area contributed by atoms with Crippen molar-refractivity contribution >= 4 is 33.1 Å². The molecular formula is C11H14BrN3S. The summed E-state index contributed by atoms with van der Waals surface area (Å²) in [6.07, 6.45) is 0.950. The number of aromatic nitrogens is 2. The molecule has 0 amide bonds. The molecule has 0 fully saturated rings. The highest BCUT2D eigenvalue weighted by Gasteiger charge is 2.14. The minimum atomic E-state index is 0.570. The van der Waals surface area contributed by atoms with Gasteiger partial charge in [0, 0.05) is 16.5 Å². The molecule has 2 aromatic rings. The average molecular weight is 300 g/mol. The molecule has 2 aromatic heterocycles. The summed E-state index contributed by atoms with van der Waals surface area (Å²) in [5.41, 5.74) is 9.21. The minimum absolute atomic E-state index is 0.570. The number of rotatable bonds is 3. The van der Waals surface area contributed by atoms with Gasteiger partial charge in [0.15, 0.2) is 0 Å². The van der Waals surface area contributed by atoms with Gasteiger partial charge in [0.25, 0.3) is 0 Å². The van der Waals surface area contributed by atoms with Gasteiger partial charge in [0.2, 0.25) is 0 Å². The van der Waals surface area contributed by atoms with Crippen LogP contribution in [0.3, 0.4) is 0 Å². The molecule has 0 aliphatic rings. The molecule has 0 spiro atoms. The summed E-state index contributed by atoms with van der Waals surface area (Å²) >= 11 is 5.13. The Bertz CT molecular complexity index is 487. The molecule has 0 saturated heterocycles. The maximum Gasteiger partial charge on any atom is 0.149 e. The van der Waals surface area contributed by atoms with E-state index in [0.29, 0.717) is 11.7 Å². The summed E-state index contributed by atoms with van der Waals surface area (Å²) in [7, 11) is 0. The zero-order valence-electron chi connectivity index (χ0n) is 9.25. The number of hydrogen-bond acceptors (Lipinski definition) is 3. The van der Waals surface area contributed by atoms with E-state index in [4.69, 9.17) is 5.73 Å². The van der Waals surface area contributed by atoms with Gasteiger partial charge in [0.1, 0.15) is 5.82 Å². The first-order chi connectivity index (χ1) is 7.58. The Morgan fingerprint density at radius 2 is 2.31 bits per heavy atom. The molecule has 0 unspecified atom stereocenters. The Morgan fingerprint density at radius 3 is 2.88 bits per heavy atom. The monoisotopic (exact) mass is 299 g/mol. The zero-order valence-corrected chi connectivity index (χ0v) is 11.7. The van der Waals surface area contributed by atoms with E-state index in [1.165, 1.54) is 0 Å². The molecule has 5 heteroatoms. The standard InChI is InChI=1S/C11H14BrN3S/c1-6(2)3-8-10(14-15-11(8)13)7-4-9(12)16-5-7/h4-6H,3H2,1-2H3,(H3,13,14,15). The molecule has 16 heavy (non-hydrogen) atoms. The lowest BCUT2D eigenvalue weighted by atomic mass is 10.0. The van der Waals surface area contributed by atoms with E-state index in [1.807, 2.05) is 0 Å². The van der Waals surface area contributed by atoms with Crippen molar-refractivity contribution in [2.45, 2.75) is 20.3 Å². The Labute approximate surface area is 107 Å². The van der Waals surface area contributed by atoms with Crippen LogP contribution in [-0.4, -0.2) is 10.2 Å². The summed E-state index contributed by atoms with van der Waals surface area (Å²) in [6.45, 7) is 4.36. The molecule has 0 bridgehead atoms. The Balaban J connectivity index is 2.41. The molecule has 0 saturated carbocycles. The first-order valence-electron chi connectivity index (χ1n) is 5.15. The normalized spacial score (nSPS) is 11.2. The highest BCUT2D eigenvalue weighted by atomic mass is 79.9. The molecule has 3 N–H and O–H groups in total. The van der Waals surface area contributed by atoms with Crippen LogP contribution in [0.5, 0.6) is 0 Å². The Morgan fingerprint density at radius 1 is 1.56 bits per heavy atom. The van der Waals surface area contributed by atoms with Gasteiger partial charge in [0.05, 0.1) is 9.48 Å². The van der Waals surface area contributed by atoms with Gasteiger partial charge < -0.3 is 5.73 Å². The molecule has 0 aliphatic carbocycles. The van der Waals surface area contributed by atoms with E-state index in [2.05, 4.69) is 51.4 Å². The third kappa shape index (κ3) is 2.30. The van der Waals surface area contributed by atoms with Gasteiger partial charge >= 0.3 is 0 Å². The van der Waals surface area contributed by atoms with Gasteiger partial charge in [-0.2, -0.15) is 5.10 Å². The third-order valence-corrected chi connectivity index (χ3v) is 3.87. The molecule has 3 nitrogen and oxygen atoms in total. The van der Waals surface area contributed by atoms with Crippen molar-refractivity contribution in [3.63, 3.8) is 0 Å². The van der Waals surface area contributed by atoms with Crippen molar-refractivity contribution in [2.75, 3.05) is 5.73 Å². The smallest absolute Gasteiger partial charge is 0.149 e. The number of nitrogen functional groups attached to an aromatic ring is 1. The predicted molar refractivity (Wildman–Crippen MR) is 72.6 cm³/mol. The topological polar surface area (TPSA) is 54.7 Å². The Kier molecular flexibility index (Phi) is 3.35. The molecule has 0 aromatic carbocycles. The summed E-state index contributed by atoms with van der Waals surface area (Å²) in [6, 6.07) is 2.08. The van der Waals surface area contributed by atoms with Crippen LogP contribution in [0, 0.1) is 5.92 Å². The molecule has 86 valence electrons. The number of H-pyrrole nitrogens is 1. The van der Waals surface area contributed by atoms with Crippen molar-refractivity contribution in [1.29, 1.82) is 0 Å². The number of halogens is 1. The van der Waals surface area contributed by atoms with E-state index in [9.17, 15) is 0 Å². The second kappa shape index (κ2) is 4.59. The van der Waals surface area contributed by atoms with Crippen molar-refractivity contribution in [1.82, 2.24) is 10.2 Å². The lowest BCUT2D eigenvalue weighted by molar-refractivity contribution is 0.649. The Hall–Kier alpha value is -0.810. The molecule has 0 aliphatic heterocycles. The number of nitrogens with one attached hydrogen (secondary N) is 1. The average Bonchev–Trinajstić information content (AvgIpc) is 2.75. The fourth-order valence-corrected chi connectivity index (χ4v) is 2.82. The summed E-state index contributed by atoms with van der Waals surface area (Å²) in [4.78, 5) is 0. The van der Waals surface area contributed by atoms with Gasteiger partial charge in [-0.25, -0.2) is 0 Å². The minimum Gasteiger partial charge on any atom is -0.382 e. The largest absolute Gasteiger partial charge is 0.382 e. The maximum atomic E-state index is 5.88. The van der Waals surface area contributed by atoms with Crippen LogP contribution in [0.2, 0.25) is 0 Å². The number of thiophene rings is 1. The lowest BCUT2D eigenvalue weighted by Gasteiger charge is -2.05. The maximum absolute atomic E-state index is 5.88. The van der Waals surface area contributed by atoms with Crippen LogP contribution >= 0.6 is 27.3 Å². The predicted octanol–water partition coefficient (Wildman–Crippen LogP) is 3.68. The third-order valence-electron chi connectivity index (χ3n) is 2.37. The van der Waals surface area contributed by atoms with Crippen molar-refractivity contribution < 1.29 is 0 Å². The van der Waals surface area contributed by atoms with E-state index in [-0.39, 0.29) is 0 Å². The van der Waals surface area contributed by atoms with Crippen LogP contribution in [0.15, 0.2) is 15.2 Å². The van der Waals surface area contributed by atoms with Crippen LogP contribution < -0.4 is 5.73 Å². The first kappa shape index (κ1) is 11.7. The van der Waals surface area contributed by atoms with Crippen molar-refractivity contribution in [3.8, 4) is 11.3 Å². The highest BCUT2D eigenvalue weighted by molar-refractivity contribution is 9.11. The van der Waals surface area contributed by atoms with Gasteiger partial charge in [-0.05, 0) is 34.3 Å². The van der Waals surface area contributed by atoms with Crippen LogP contribution in [-0.2, 0) is 6.42 Å². The molecular weight excluding hydrogens is 286 g/mol. The van der Waals surface area contributed by atoms with E-state index in [0.717, 1.165) is 27.0 Å². The van der Waals surface area contributed by atoms with Gasteiger partial charge in [-0.3, -0.25) is 5.10 Å². The quantitative estimate of drug-likeness (QED) is 0.908. The fourth-order valence-electron chi connectivity index (χ4n) is 1.67. The zero-order chi connectivity index (χ0) is 11.7. The molecule has 2 rings (SSSR count). The summed E-state index contributed by atoms with van der Waals surface area (Å²) in [5.74, 6) is 1.19. The second-order valence-corrected chi connectivity index (χ2v) is 6.49. The SMILES string of the molecule is CC(C)Cc1c(N)n[nH]c1-c1csc(Br)c1. The fraction of sp³-hybridized carbons (Fsp3) is 0.364. The van der Waals surface area contributed by atoms with Crippen LogP contribution in [0.25, 0.3) is 11.3 Å². The summed E-state index contributed by atoms with van der Waals surface area (Å²) in [5, 5.41) is 9.22. The van der Waals surface area contributed by atoms with Crippen LogP contribution in [0.1, 0.15) is 19.4 Å². The number of hydrogen-bond donors (Lipinski definition) is 2. The van der Waals surface area contributed by atoms with Crippen molar-refractivity contribution in [2.24, 2.45) is 5.92 Å². The molecule has 2 heterocycles. The van der Waals surface area contributed by atoms with E-state index in [1.54, 1.807) is 11.3 Å². The van der Waals surface area contributed by atoms with E-state index < -0.39 is 0 Å². The van der Waals surface area contributed by atoms with Crippen LogP contribution in [0.4, 0.5) is 5.82 Å². The number of nitrogens with zero attached hydrogens (tertiary/aromatic N) is 1. The number of nitrogens with two attached hydrogens (primary N) is 1. The number of anilines is 1. The molecule has 0 radical (unpaired) electrons. The second-order valence-electron chi connectivity index (χ2n) is 4.20.